The maximum Gasteiger partial charge on any atom is 0.270 e. The van der Waals surface area contributed by atoms with E-state index in [4.69, 9.17) is 11.5 Å². The first-order valence-corrected chi connectivity index (χ1v) is 6.44. The molecule has 1 fully saturated rings. The van der Waals surface area contributed by atoms with Gasteiger partial charge in [0.2, 0.25) is 0 Å². The smallest absolute Gasteiger partial charge is 0.270 e. The lowest BCUT2D eigenvalue weighted by molar-refractivity contribution is -0.384. The molecule has 0 aliphatic heterocycles. The molecule has 7 nitrogen and oxygen atoms in total. The SMILES string of the molecule is CC(CN)(NC(=O)c1cc([N+](=O)[O-])ccc1N)C1CC1.Cl. The average molecular weight is 315 g/mol. The molecule has 0 aromatic heterocycles. The molecule has 1 aliphatic carbocycles. The van der Waals surface area contributed by atoms with E-state index in [0.29, 0.717) is 12.5 Å². The Morgan fingerprint density at radius 2 is 2.14 bits per heavy atom. The van der Waals surface area contributed by atoms with E-state index in [1.807, 2.05) is 6.92 Å². The summed E-state index contributed by atoms with van der Waals surface area (Å²) in [4.78, 5) is 22.5. The minimum atomic E-state index is -0.556. The lowest BCUT2D eigenvalue weighted by Crippen LogP contribution is -2.53. The van der Waals surface area contributed by atoms with E-state index < -0.39 is 16.4 Å². The van der Waals surface area contributed by atoms with Gasteiger partial charge in [0.05, 0.1) is 16.0 Å². The highest BCUT2D eigenvalue weighted by Crippen LogP contribution is 2.39. The molecular formula is C13H19ClN4O3. The van der Waals surface area contributed by atoms with Gasteiger partial charge in [-0.3, -0.25) is 14.9 Å². The number of nitro benzene ring substituents is 1. The number of nitrogens with one attached hydrogen (secondary N) is 1. The van der Waals surface area contributed by atoms with Crippen LogP contribution in [0.4, 0.5) is 11.4 Å². The molecule has 1 aliphatic rings. The van der Waals surface area contributed by atoms with Gasteiger partial charge in [0.1, 0.15) is 0 Å². The van der Waals surface area contributed by atoms with Crippen molar-refractivity contribution in [3.05, 3.63) is 33.9 Å². The van der Waals surface area contributed by atoms with E-state index in [1.165, 1.54) is 18.2 Å². The van der Waals surface area contributed by atoms with Crippen molar-refractivity contribution in [2.24, 2.45) is 11.7 Å². The fourth-order valence-corrected chi connectivity index (χ4v) is 2.22. The number of benzene rings is 1. The topological polar surface area (TPSA) is 124 Å². The number of non-ortho nitro benzene ring substituents is 1. The third-order valence-corrected chi connectivity index (χ3v) is 3.79. The van der Waals surface area contributed by atoms with Crippen molar-refractivity contribution in [2.45, 2.75) is 25.3 Å². The van der Waals surface area contributed by atoms with Crippen LogP contribution in [0, 0.1) is 16.0 Å². The van der Waals surface area contributed by atoms with Crippen molar-refractivity contribution in [3.63, 3.8) is 0 Å². The standard InChI is InChI=1S/C13H18N4O3.ClH/c1-13(7-14,8-2-3-8)16-12(18)10-6-9(17(19)20)4-5-11(10)15;/h4-6,8H,2-3,7,14-15H2,1H3,(H,16,18);1H. The van der Waals surface area contributed by atoms with E-state index >= 15 is 0 Å². The second kappa shape index (κ2) is 6.28. The monoisotopic (exact) mass is 314 g/mol. The van der Waals surface area contributed by atoms with E-state index in [2.05, 4.69) is 5.32 Å². The van der Waals surface area contributed by atoms with Gasteiger partial charge in [0.25, 0.3) is 11.6 Å². The molecule has 1 saturated carbocycles. The largest absolute Gasteiger partial charge is 0.398 e. The third kappa shape index (κ3) is 3.62. The van der Waals surface area contributed by atoms with Crippen LogP contribution < -0.4 is 16.8 Å². The van der Waals surface area contributed by atoms with Crippen LogP contribution in [-0.4, -0.2) is 22.9 Å². The Hall–Kier alpha value is -1.86. The minimum absolute atomic E-state index is 0. The van der Waals surface area contributed by atoms with E-state index in [-0.39, 0.29) is 29.3 Å². The van der Waals surface area contributed by atoms with Gasteiger partial charge in [-0.2, -0.15) is 0 Å². The quantitative estimate of drug-likeness (QED) is 0.431. The molecular weight excluding hydrogens is 296 g/mol. The van der Waals surface area contributed by atoms with E-state index in [9.17, 15) is 14.9 Å². The Labute approximate surface area is 128 Å². The van der Waals surface area contributed by atoms with Gasteiger partial charge >= 0.3 is 0 Å². The zero-order valence-corrected chi connectivity index (χ0v) is 12.5. The number of halogens is 1. The molecule has 1 unspecified atom stereocenters. The highest BCUT2D eigenvalue weighted by molar-refractivity contribution is 6.00. The molecule has 1 amide bonds. The first-order chi connectivity index (χ1) is 9.37. The Morgan fingerprint density at radius 1 is 1.52 bits per heavy atom. The van der Waals surface area contributed by atoms with Gasteiger partial charge < -0.3 is 16.8 Å². The number of nitrogens with zero attached hydrogens (tertiary/aromatic N) is 1. The maximum absolute atomic E-state index is 12.3. The van der Waals surface area contributed by atoms with E-state index in [1.54, 1.807) is 0 Å². The van der Waals surface area contributed by atoms with Crippen LogP contribution in [0.25, 0.3) is 0 Å². The number of hydrogen-bond donors (Lipinski definition) is 3. The summed E-state index contributed by atoms with van der Waals surface area (Å²) in [5, 5.41) is 13.6. The van der Waals surface area contributed by atoms with Gasteiger partial charge in [0, 0.05) is 24.4 Å². The molecule has 8 heteroatoms. The Balaban J connectivity index is 0.00000220. The molecule has 5 N–H and O–H groups in total. The van der Waals surface area contributed by atoms with Crippen LogP contribution in [0.2, 0.25) is 0 Å². The number of rotatable bonds is 5. The number of carbonyl (C=O) groups excluding carboxylic acids is 1. The number of hydrogen-bond acceptors (Lipinski definition) is 5. The number of carbonyl (C=O) groups is 1. The first-order valence-electron chi connectivity index (χ1n) is 6.44. The molecule has 1 atom stereocenters. The molecule has 0 saturated heterocycles. The molecule has 116 valence electrons. The number of nitrogen functional groups attached to an aromatic ring is 1. The summed E-state index contributed by atoms with van der Waals surface area (Å²) in [5.41, 5.74) is 11.1. The van der Waals surface area contributed by atoms with Gasteiger partial charge in [-0.15, -0.1) is 12.4 Å². The maximum atomic E-state index is 12.3. The van der Waals surface area contributed by atoms with Gasteiger partial charge in [-0.1, -0.05) is 0 Å². The molecule has 0 radical (unpaired) electrons. The fraction of sp³-hybridized carbons (Fsp3) is 0.462. The predicted molar refractivity (Wildman–Crippen MR) is 82.4 cm³/mol. The average Bonchev–Trinajstić information content (AvgIpc) is 3.23. The first kappa shape index (κ1) is 17.2. The third-order valence-electron chi connectivity index (χ3n) is 3.79. The summed E-state index contributed by atoms with van der Waals surface area (Å²) in [6, 6.07) is 3.83. The van der Waals surface area contributed by atoms with Crippen molar-refractivity contribution in [2.75, 3.05) is 12.3 Å². The molecule has 21 heavy (non-hydrogen) atoms. The summed E-state index contributed by atoms with van der Waals surface area (Å²) in [6.07, 6.45) is 2.05. The van der Waals surface area contributed by atoms with Crippen molar-refractivity contribution in [1.82, 2.24) is 5.32 Å². The van der Waals surface area contributed by atoms with Crippen LogP contribution in [0.5, 0.6) is 0 Å². The van der Waals surface area contributed by atoms with Crippen molar-refractivity contribution in [1.29, 1.82) is 0 Å². The van der Waals surface area contributed by atoms with E-state index in [0.717, 1.165) is 12.8 Å². The molecule has 1 aromatic rings. The highest BCUT2D eigenvalue weighted by Gasteiger charge is 2.41. The van der Waals surface area contributed by atoms with Crippen molar-refractivity contribution < 1.29 is 9.72 Å². The van der Waals surface area contributed by atoms with Crippen molar-refractivity contribution >= 4 is 29.7 Å². The second-order valence-electron chi connectivity index (χ2n) is 5.38. The van der Waals surface area contributed by atoms with Crippen LogP contribution >= 0.6 is 12.4 Å². The second-order valence-corrected chi connectivity index (χ2v) is 5.38. The van der Waals surface area contributed by atoms with Crippen LogP contribution in [0.1, 0.15) is 30.1 Å². The normalized spacial score (nSPS) is 16.5. The molecule has 0 spiro atoms. The zero-order chi connectivity index (χ0) is 14.9. The molecule has 0 heterocycles. The van der Waals surface area contributed by atoms with Crippen LogP contribution in [0.3, 0.4) is 0 Å². The fourth-order valence-electron chi connectivity index (χ4n) is 2.22. The summed E-state index contributed by atoms with van der Waals surface area (Å²) in [5.74, 6) is -0.0672. The number of nitro groups is 1. The van der Waals surface area contributed by atoms with Gasteiger partial charge in [-0.25, -0.2) is 0 Å². The summed E-state index contributed by atoms with van der Waals surface area (Å²) in [6.45, 7) is 2.20. The summed E-state index contributed by atoms with van der Waals surface area (Å²) >= 11 is 0. The van der Waals surface area contributed by atoms with Crippen LogP contribution in [-0.2, 0) is 0 Å². The molecule has 0 bridgehead atoms. The summed E-state index contributed by atoms with van der Waals surface area (Å²) in [7, 11) is 0. The summed E-state index contributed by atoms with van der Waals surface area (Å²) < 4.78 is 0. The lowest BCUT2D eigenvalue weighted by atomic mass is 9.95. The van der Waals surface area contributed by atoms with Gasteiger partial charge in [-0.05, 0) is 31.7 Å². The zero-order valence-electron chi connectivity index (χ0n) is 11.7. The highest BCUT2D eigenvalue weighted by atomic mass is 35.5. The molecule has 2 rings (SSSR count). The number of amides is 1. The minimum Gasteiger partial charge on any atom is -0.398 e. The Morgan fingerprint density at radius 3 is 2.62 bits per heavy atom. The number of nitrogens with two attached hydrogens (primary N) is 2. The number of anilines is 1. The predicted octanol–water partition coefficient (Wildman–Crippen LogP) is 1.46. The lowest BCUT2D eigenvalue weighted by Gasteiger charge is -2.29. The Kier molecular flexibility index (Phi) is 5.14. The van der Waals surface area contributed by atoms with Crippen LogP contribution in [0.15, 0.2) is 18.2 Å². The Bertz CT molecular complexity index is 562. The molecule has 1 aromatic carbocycles. The van der Waals surface area contributed by atoms with Gasteiger partial charge in [0.15, 0.2) is 0 Å². The van der Waals surface area contributed by atoms with Crippen molar-refractivity contribution in [3.8, 4) is 0 Å².